The first-order valence-electron chi connectivity index (χ1n) is 4.34. The number of carboxylic acids is 1. The monoisotopic (exact) mass is 221 g/mol. The van der Waals surface area contributed by atoms with E-state index in [-0.39, 0.29) is 11.4 Å². The number of aromatic nitrogens is 2. The Morgan fingerprint density at radius 2 is 2.25 bits per heavy atom. The Hall–Kier alpha value is -2.44. The highest BCUT2D eigenvalue weighted by Gasteiger charge is 2.15. The molecule has 0 bridgehead atoms. The van der Waals surface area contributed by atoms with Gasteiger partial charge in [-0.3, -0.25) is 10.1 Å². The minimum atomic E-state index is -1.09. The second-order valence-corrected chi connectivity index (χ2v) is 3.26. The first kappa shape index (κ1) is 10.1. The summed E-state index contributed by atoms with van der Waals surface area (Å²) < 4.78 is 1.38. The zero-order valence-electron chi connectivity index (χ0n) is 8.25. The van der Waals surface area contributed by atoms with Crippen LogP contribution in [0.15, 0.2) is 18.3 Å². The largest absolute Gasteiger partial charge is 0.477 e. The summed E-state index contributed by atoms with van der Waals surface area (Å²) in [5.41, 5.74) is 0.293. The van der Waals surface area contributed by atoms with Crippen LogP contribution in [0.2, 0.25) is 0 Å². The quantitative estimate of drug-likeness (QED) is 0.606. The lowest BCUT2D eigenvalue weighted by molar-refractivity contribution is -0.385. The molecule has 1 N–H and O–H groups in total. The maximum Gasteiger partial charge on any atom is 0.352 e. The highest BCUT2D eigenvalue weighted by atomic mass is 16.6. The summed E-state index contributed by atoms with van der Waals surface area (Å²) in [4.78, 5) is 24.6. The Labute approximate surface area is 89.1 Å². The zero-order chi connectivity index (χ0) is 11.9. The smallest absolute Gasteiger partial charge is 0.352 e. The molecule has 0 saturated heterocycles. The SMILES string of the molecule is Cn1c(C(=O)O)cc2cc([N+](=O)[O-])cnc21. The Bertz CT molecular complexity index is 602. The molecule has 0 aromatic carbocycles. The molecule has 2 aromatic heterocycles. The fourth-order valence-corrected chi connectivity index (χ4v) is 1.51. The number of nitro groups is 1. The molecule has 16 heavy (non-hydrogen) atoms. The van der Waals surface area contributed by atoms with Gasteiger partial charge in [0.2, 0.25) is 0 Å². The molecular formula is C9H7N3O4. The zero-order valence-corrected chi connectivity index (χ0v) is 8.25. The molecule has 2 rings (SSSR count). The molecule has 0 amide bonds. The van der Waals surface area contributed by atoms with Crippen LogP contribution in [-0.2, 0) is 7.05 Å². The van der Waals surface area contributed by atoms with E-state index in [0.717, 1.165) is 6.20 Å². The third kappa shape index (κ3) is 1.38. The van der Waals surface area contributed by atoms with Crippen molar-refractivity contribution in [3.63, 3.8) is 0 Å². The van der Waals surface area contributed by atoms with Crippen LogP contribution in [0, 0.1) is 10.1 Å². The average molecular weight is 221 g/mol. The lowest BCUT2D eigenvalue weighted by atomic mass is 10.3. The minimum absolute atomic E-state index is 0.0444. The van der Waals surface area contributed by atoms with Gasteiger partial charge in [-0.15, -0.1) is 0 Å². The Balaban J connectivity index is 2.72. The number of rotatable bonds is 2. The van der Waals surface area contributed by atoms with E-state index in [4.69, 9.17) is 5.11 Å². The van der Waals surface area contributed by atoms with Gasteiger partial charge in [-0.1, -0.05) is 0 Å². The van der Waals surface area contributed by atoms with Gasteiger partial charge >= 0.3 is 5.97 Å². The van der Waals surface area contributed by atoms with E-state index in [1.165, 1.54) is 16.7 Å². The number of aromatic carboxylic acids is 1. The van der Waals surface area contributed by atoms with Crippen molar-refractivity contribution in [2.45, 2.75) is 0 Å². The molecule has 7 nitrogen and oxygen atoms in total. The highest BCUT2D eigenvalue weighted by Crippen LogP contribution is 2.21. The van der Waals surface area contributed by atoms with Gasteiger partial charge in [0.15, 0.2) is 0 Å². The maximum absolute atomic E-state index is 10.8. The number of carboxylic acid groups (broad SMARTS) is 1. The van der Waals surface area contributed by atoms with Crippen LogP contribution < -0.4 is 0 Å². The third-order valence-electron chi connectivity index (χ3n) is 2.28. The Morgan fingerprint density at radius 3 is 2.81 bits per heavy atom. The predicted octanol–water partition coefficient (Wildman–Crippen LogP) is 1.18. The summed E-state index contributed by atoms with van der Waals surface area (Å²) >= 11 is 0. The first-order chi connectivity index (χ1) is 7.50. The van der Waals surface area contributed by atoms with Crippen molar-refractivity contribution in [3.05, 3.63) is 34.1 Å². The van der Waals surface area contributed by atoms with E-state index >= 15 is 0 Å². The van der Waals surface area contributed by atoms with Gasteiger partial charge < -0.3 is 9.67 Å². The summed E-state index contributed by atoms with van der Waals surface area (Å²) in [5.74, 6) is -1.09. The van der Waals surface area contributed by atoms with Gasteiger partial charge in [0, 0.05) is 18.5 Å². The van der Waals surface area contributed by atoms with Crippen molar-refractivity contribution < 1.29 is 14.8 Å². The van der Waals surface area contributed by atoms with E-state index in [1.807, 2.05) is 0 Å². The van der Waals surface area contributed by atoms with E-state index in [1.54, 1.807) is 7.05 Å². The number of hydrogen-bond donors (Lipinski definition) is 1. The van der Waals surface area contributed by atoms with Gasteiger partial charge in [-0.05, 0) is 6.07 Å². The van der Waals surface area contributed by atoms with Gasteiger partial charge in [-0.2, -0.15) is 0 Å². The van der Waals surface area contributed by atoms with Gasteiger partial charge in [0.25, 0.3) is 5.69 Å². The van der Waals surface area contributed by atoms with Crippen molar-refractivity contribution in [2.75, 3.05) is 0 Å². The summed E-state index contributed by atoms with van der Waals surface area (Å²) in [6, 6.07) is 2.66. The van der Waals surface area contributed by atoms with E-state index in [9.17, 15) is 14.9 Å². The van der Waals surface area contributed by atoms with Gasteiger partial charge in [-0.25, -0.2) is 9.78 Å². The molecule has 82 valence electrons. The lowest BCUT2D eigenvalue weighted by Crippen LogP contribution is -2.04. The van der Waals surface area contributed by atoms with Crippen molar-refractivity contribution >= 4 is 22.7 Å². The van der Waals surface area contributed by atoms with Crippen molar-refractivity contribution in [1.82, 2.24) is 9.55 Å². The number of fused-ring (bicyclic) bond motifs is 1. The fraction of sp³-hybridized carbons (Fsp3) is 0.111. The summed E-state index contributed by atoms with van der Waals surface area (Å²) in [6.45, 7) is 0. The number of aryl methyl sites for hydroxylation is 1. The molecule has 0 aliphatic heterocycles. The number of pyridine rings is 1. The van der Waals surface area contributed by atoms with Crippen LogP contribution in [-0.4, -0.2) is 25.6 Å². The summed E-state index contributed by atoms with van der Waals surface area (Å²) in [7, 11) is 1.55. The molecular weight excluding hydrogens is 214 g/mol. The molecule has 2 heterocycles. The van der Waals surface area contributed by atoms with Crippen molar-refractivity contribution in [2.24, 2.45) is 7.05 Å². The van der Waals surface area contributed by atoms with Gasteiger partial charge in [0.05, 0.1) is 4.92 Å². The molecule has 0 radical (unpaired) electrons. The maximum atomic E-state index is 10.8. The Kier molecular flexibility index (Phi) is 2.08. The molecule has 0 aliphatic rings. The average Bonchev–Trinajstić information content (AvgIpc) is 2.55. The number of carbonyl (C=O) groups is 1. The normalized spacial score (nSPS) is 10.6. The molecule has 0 saturated carbocycles. The fourth-order valence-electron chi connectivity index (χ4n) is 1.51. The highest BCUT2D eigenvalue weighted by molar-refractivity contribution is 5.93. The molecule has 0 spiro atoms. The summed E-state index contributed by atoms with van der Waals surface area (Å²) in [6.07, 6.45) is 1.11. The second kappa shape index (κ2) is 3.30. The topological polar surface area (TPSA) is 98.3 Å². The van der Waals surface area contributed by atoms with E-state index < -0.39 is 10.9 Å². The predicted molar refractivity (Wildman–Crippen MR) is 54.3 cm³/mol. The lowest BCUT2D eigenvalue weighted by Gasteiger charge is -1.97. The van der Waals surface area contributed by atoms with Crippen LogP contribution in [0.25, 0.3) is 11.0 Å². The molecule has 0 fully saturated rings. The third-order valence-corrected chi connectivity index (χ3v) is 2.28. The molecule has 0 aliphatic carbocycles. The molecule has 7 heteroatoms. The molecule has 2 aromatic rings. The standard InChI is InChI=1S/C9H7N3O4/c1-11-7(9(13)14)3-5-2-6(12(15)16)4-10-8(5)11/h2-4H,1H3,(H,13,14). The van der Waals surface area contributed by atoms with Gasteiger partial charge in [0.1, 0.15) is 17.5 Å². The first-order valence-corrected chi connectivity index (χ1v) is 4.34. The number of nitrogens with zero attached hydrogens (tertiary/aromatic N) is 3. The Morgan fingerprint density at radius 1 is 1.56 bits per heavy atom. The molecule has 0 atom stereocenters. The van der Waals surface area contributed by atoms with E-state index in [2.05, 4.69) is 4.98 Å². The van der Waals surface area contributed by atoms with E-state index in [0.29, 0.717) is 11.0 Å². The van der Waals surface area contributed by atoms with Crippen LogP contribution in [0.1, 0.15) is 10.5 Å². The van der Waals surface area contributed by atoms with Crippen LogP contribution >= 0.6 is 0 Å². The minimum Gasteiger partial charge on any atom is -0.477 e. The van der Waals surface area contributed by atoms with Crippen LogP contribution in [0.5, 0.6) is 0 Å². The summed E-state index contributed by atoms with van der Waals surface area (Å²) in [5, 5.41) is 19.8. The second-order valence-electron chi connectivity index (χ2n) is 3.26. The molecule has 0 unspecified atom stereocenters. The van der Waals surface area contributed by atoms with Crippen molar-refractivity contribution in [1.29, 1.82) is 0 Å². The number of hydrogen-bond acceptors (Lipinski definition) is 4. The van der Waals surface area contributed by atoms with Crippen LogP contribution in [0.4, 0.5) is 5.69 Å². The van der Waals surface area contributed by atoms with Crippen LogP contribution in [0.3, 0.4) is 0 Å². The van der Waals surface area contributed by atoms with Crippen molar-refractivity contribution in [3.8, 4) is 0 Å².